The highest BCUT2D eigenvalue weighted by atomic mass is 32.1. The van der Waals surface area contributed by atoms with Crippen molar-refractivity contribution < 1.29 is 14.3 Å². The standard InChI is InChI=1S/C19H24N2O3S/c1-13(2)15-7-4-5-8-16(15)24-14(3)18(22)20-10-11-21-19(23)17-9-6-12-25-17/h4-9,12-14H,10-11H2,1-3H3,(H,20,22)(H,21,23). The third kappa shape index (κ3) is 5.60. The van der Waals surface area contributed by atoms with Crippen molar-refractivity contribution in [2.24, 2.45) is 0 Å². The van der Waals surface area contributed by atoms with E-state index in [1.807, 2.05) is 35.7 Å². The zero-order valence-electron chi connectivity index (χ0n) is 14.7. The van der Waals surface area contributed by atoms with E-state index < -0.39 is 6.10 Å². The van der Waals surface area contributed by atoms with Gasteiger partial charge in [-0.3, -0.25) is 9.59 Å². The lowest BCUT2D eigenvalue weighted by Crippen LogP contribution is -2.40. The third-order valence-electron chi connectivity index (χ3n) is 3.67. The summed E-state index contributed by atoms with van der Waals surface area (Å²) in [6, 6.07) is 11.3. The molecule has 1 heterocycles. The van der Waals surface area contributed by atoms with E-state index in [1.54, 1.807) is 13.0 Å². The Morgan fingerprint density at radius 3 is 2.44 bits per heavy atom. The lowest BCUT2D eigenvalue weighted by molar-refractivity contribution is -0.127. The fraction of sp³-hybridized carbons (Fsp3) is 0.368. The van der Waals surface area contributed by atoms with Crippen LogP contribution in [0.3, 0.4) is 0 Å². The van der Waals surface area contributed by atoms with Gasteiger partial charge in [0.1, 0.15) is 5.75 Å². The van der Waals surface area contributed by atoms with E-state index in [0.717, 1.165) is 11.3 Å². The van der Waals surface area contributed by atoms with Crippen LogP contribution in [0.5, 0.6) is 5.75 Å². The Hall–Kier alpha value is -2.34. The first-order valence-electron chi connectivity index (χ1n) is 8.34. The van der Waals surface area contributed by atoms with E-state index >= 15 is 0 Å². The van der Waals surface area contributed by atoms with E-state index in [9.17, 15) is 9.59 Å². The van der Waals surface area contributed by atoms with Crippen LogP contribution in [0.2, 0.25) is 0 Å². The molecule has 0 spiro atoms. The molecule has 0 aliphatic rings. The van der Waals surface area contributed by atoms with Gasteiger partial charge < -0.3 is 15.4 Å². The first-order valence-corrected chi connectivity index (χ1v) is 9.22. The number of rotatable bonds is 8. The second kappa shape index (κ2) is 9.22. The zero-order valence-corrected chi connectivity index (χ0v) is 15.6. The molecule has 1 aromatic carbocycles. The fourth-order valence-electron chi connectivity index (χ4n) is 2.31. The van der Waals surface area contributed by atoms with E-state index in [-0.39, 0.29) is 11.8 Å². The van der Waals surface area contributed by atoms with Gasteiger partial charge in [0.05, 0.1) is 4.88 Å². The highest BCUT2D eigenvalue weighted by molar-refractivity contribution is 7.12. The Kier molecular flexibility index (Phi) is 7.01. The maximum Gasteiger partial charge on any atom is 0.261 e. The molecule has 0 saturated heterocycles. The molecule has 1 atom stereocenters. The van der Waals surface area contributed by atoms with Crippen LogP contribution in [-0.4, -0.2) is 31.0 Å². The van der Waals surface area contributed by atoms with Gasteiger partial charge in [-0.1, -0.05) is 38.1 Å². The van der Waals surface area contributed by atoms with Crippen molar-refractivity contribution >= 4 is 23.2 Å². The van der Waals surface area contributed by atoms with Crippen molar-refractivity contribution in [3.63, 3.8) is 0 Å². The van der Waals surface area contributed by atoms with Crippen LogP contribution in [-0.2, 0) is 4.79 Å². The average Bonchev–Trinajstić information content (AvgIpc) is 3.13. The molecule has 5 nitrogen and oxygen atoms in total. The quantitative estimate of drug-likeness (QED) is 0.711. The number of thiophene rings is 1. The number of hydrogen-bond acceptors (Lipinski definition) is 4. The summed E-state index contributed by atoms with van der Waals surface area (Å²) in [6.45, 7) is 6.62. The number of benzene rings is 1. The highest BCUT2D eigenvalue weighted by Gasteiger charge is 2.16. The summed E-state index contributed by atoms with van der Waals surface area (Å²) in [4.78, 5) is 24.6. The van der Waals surface area contributed by atoms with Crippen molar-refractivity contribution in [2.75, 3.05) is 13.1 Å². The number of para-hydroxylation sites is 1. The SMILES string of the molecule is CC(Oc1ccccc1C(C)C)C(=O)NCCNC(=O)c1cccs1. The van der Waals surface area contributed by atoms with E-state index in [1.165, 1.54) is 11.3 Å². The summed E-state index contributed by atoms with van der Waals surface area (Å²) in [6.07, 6.45) is -0.604. The molecule has 25 heavy (non-hydrogen) atoms. The van der Waals surface area contributed by atoms with Crippen LogP contribution in [0.1, 0.15) is 41.9 Å². The number of amides is 2. The van der Waals surface area contributed by atoms with Crippen LogP contribution in [0.25, 0.3) is 0 Å². The predicted octanol–water partition coefficient (Wildman–Crippen LogP) is 3.19. The predicted molar refractivity (Wildman–Crippen MR) is 100 cm³/mol. The Balaban J connectivity index is 1.76. The van der Waals surface area contributed by atoms with Crippen LogP contribution in [0.4, 0.5) is 0 Å². The molecule has 2 amide bonds. The molecule has 2 N–H and O–H groups in total. The molecule has 0 aliphatic carbocycles. The fourth-order valence-corrected chi connectivity index (χ4v) is 2.95. The molecule has 134 valence electrons. The topological polar surface area (TPSA) is 67.4 Å². The Morgan fingerprint density at radius 1 is 1.04 bits per heavy atom. The molecule has 0 aliphatic heterocycles. The van der Waals surface area contributed by atoms with Crippen molar-refractivity contribution in [1.29, 1.82) is 0 Å². The summed E-state index contributed by atoms with van der Waals surface area (Å²) in [7, 11) is 0. The van der Waals surface area contributed by atoms with Crippen molar-refractivity contribution in [3.8, 4) is 5.75 Å². The number of ether oxygens (including phenoxy) is 1. The van der Waals surface area contributed by atoms with Gasteiger partial charge >= 0.3 is 0 Å². The monoisotopic (exact) mass is 360 g/mol. The molecule has 6 heteroatoms. The molecular formula is C19H24N2O3S. The molecule has 0 saturated carbocycles. The summed E-state index contributed by atoms with van der Waals surface area (Å²) in [5, 5.41) is 7.40. The largest absolute Gasteiger partial charge is 0.481 e. The molecular weight excluding hydrogens is 336 g/mol. The minimum Gasteiger partial charge on any atom is -0.481 e. The minimum atomic E-state index is -0.604. The molecule has 0 fully saturated rings. The van der Waals surface area contributed by atoms with Crippen LogP contribution in [0, 0.1) is 0 Å². The van der Waals surface area contributed by atoms with Crippen LogP contribution < -0.4 is 15.4 Å². The number of nitrogens with one attached hydrogen (secondary N) is 2. The van der Waals surface area contributed by atoms with Crippen LogP contribution in [0.15, 0.2) is 41.8 Å². The summed E-state index contributed by atoms with van der Waals surface area (Å²) in [5.74, 6) is 0.716. The first-order chi connectivity index (χ1) is 12.0. The van der Waals surface area contributed by atoms with Gasteiger partial charge in [-0.15, -0.1) is 11.3 Å². The molecule has 2 aromatic rings. The van der Waals surface area contributed by atoms with Gasteiger partial charge in [0.15, 0.2) is 6.10 Å². The van der Waals surface area contributed by atoms with Gasteiger partial charge in [-0.2, -0.15) is 0 Å². The molecule has 0 bridgehead atoms. The number of carbonyl (C=O) groups is 2. The second-order valence-corrected chi connectivity index (χ2v) is 6.92. The highest BCUT2D eigenvalue weighted by Crippen LogP contribution is 2.26. The molecule has 1 aromatic heterocycles. The maximum absolute atomic E-state index is 12.2. The lowest BCUT2D eigenvalue weighted by atomic mass is 10.0. The third-order valence-corrected chi connectivity index (χ3v) is 4.54. The van der Waals surface area contributed by atoms with Gasteiger partial charge in [0.25, 0.3) is 11.8 Å². The van der Waals surface area contributed by atoms with E-state index in [4.69, 9.17) is 4.74 Å². The molecule has 1 unspecified atom stereocenters. The second-order valence-electron chi connectivity index (χ2n) is 5.98. The Labute approximate surface area is 152 Å². The molecule has 2 rings (SSSR count). The van der Waals surface area contributed by atoms with Gasteiger partial charge in [-0.05, 0) is 35.9 Å². The van der Waals surface area contributed by atoms with Gasteiger partial charge in [0.2, 0.25) is 0 Å². The smallest absolute Gasteiger partial charge is 0.261 e. The number of hydrogen-bond donors (Lipinski definition) is 2. The van der Waals surface area contributed by atoms with Crippen molar-refractivity contribution in [1.82, 2.24) is 10.6 Å². The molecule has 0 radical (unpaired) electrons. The van der Waals surface area contributed by atoms with Crippen molar-refractivity contribution in [3.05, 3.63) is 52.2 Å². The summed E-state index contributed by atoms with van der Waals surface area (Å²) in [5.41, 5.74) is 1.07. The van der Waals surface area contributed by atoms with Crippen molar-refractivity contribution in [2.45, 2.75) is 32.8 Å². The normalized spacial score (nSPS) is 11.8. The maximum atomic E-state index is 12.2. The summed E-state index contributed by atoms with van der Waals surface area (Å²) >= 11 is 1.39. The summed E-state index contributed by atoms with van der Waals surface area (Å²) < 4.78 is 5.81. The zero-order chi connectivity index (χ0) is 18.2. The lowest BCUT2D eigenvalue weighted by Gasteiger charge is -2.18. The first kappa shape index (κ1) is 19.0. The minimum absolute atomic E-state index is 0.126. The van der Waals surface area contributed by atoms with E-state index in [2.05, 4.69) is 24.5 Å². The Morgan fingerprint density at radius 2 is 1.76 bits per heavy atom. The van der Waals surface area contributed by atoms with Gasteiger partial charge in [0, 0.05) is 13.1 Å². The average molecular weight is 360 g/mol. The Bertz CT molecular complexity index is 698. The van der Waals surface area contributed by atoms with Gasteiger partial charge in [-0.25, -0.2) is 0 Å². The van der Waals surface area contributed by atoms with Crippen LogP contribution >= 0.6 is 11.3 Å². The number of carbonyl (C=O) groups excluding carboxylic acids is 2. The van der Waals surface area contributed by atoms with E-state index in [0.29, 0.717) is 23.9 Å².